The number of aromatic nitrogens is 2. The molecule has 0 unspecified atom stereocenters. The van der Waals surface area contributed by atoms with E-state index in [1.54, 1.807) is 36.4 Å². The average Bonchev–Trinajstić information content (AvgIpc) is 3.27. The van der Waals surface area contributed by atoms with Crippen LogP contribution in [0.25, 0.3) is 0 Å². The van der Waals surface area contributed by atoms with Crippen molar-refractivity contribution < 1.29 is 32.2 Å². The number of alkyl halides is 3. The van der Waals surface area contributed by atoms with Gasteiger partial charge in [-0.15, -0.1) is 0 Å². The molecule has 0 spiro atoms. The highest BCUT2D eigenvalue weighted by atomic mass is 35.5. The van der Waals surface area contributed by atoms with E-state index in [1.165, 1.54) is 21.3 Å². The lowest BCUT2D eigenvalue weighted by atomic mass is 9.95. The van der Waals surface area contributed by atoms with Gasteiger partial charge in [0, 0.05) is 17.1 Å². The highest BCUT2D eigenvalue weighted by Gasteiger charge is 2.47. The van der Waals surface area contributed by atoms with Gasteiger partial charge < -0.3 is 24.8 Å². The Labute approximate surface area is 203 Å². The Hall–Kier alpha value is -3.60. The molecule has 1 aromatic heterocycles. The van der Waals surface area contributed by atoms with Gasteiger partial charge in [0.25, 0.3) is 5.91 Å². The number of rotatable bonds is 6. The zero-order chi connectivity index (χ0) is 25.3. The molecule has 0 saturated heterocycles. The van der Waals surface area contributed by atoms with E-state index < -0.39 is 24.2 Å². The first-order valence-corrected chi connectivity index (χ1v) is 10.8. The fourth-order valence-electron chi connectivity index (χ4n) is 3.98. The van der Waals surface area contributed by atoms with E-state index in [1.807, 2.05) is 0 Å². The first kappa shape index (κ1) is 24.5. The Morgan fingerprint density at radius 2 is 1.74 bits per heavy atom. The summed E-state index contributed by atoms with van der Waals surface area (Å²) < 4.78 is 58.9. The molecule has 0 aliphatic carbocycles. The van der Waals surface area contributed by atoms with Crippen LogP contribution in [0, 0.1) is 0 Å². The maximum absolute atomic E-state index is 14.0. The molecule has 3 aromatic rings. The van der Waals surface area contributed by atoms with E-state index in [2.05, 4.69) is 15.7 Å². The number of benzene rings is 2. The predicted molar refractivity (Wildman–Crippen MR) is 124 cm³/mol. The molecule has 2 heterocycles. The first-order valence-electron chi connectivity index (χ1n) is 10.4. The molecule has 1 aliphatic rings. The van der Waals surface area contributed by atoms with Gasteiger partial charge >= 0.3 is 6.18 Å². The van der Waals surface area contributed by atoms with Crippen LogP contribution in [0.1, 0.15) is 34.4 Å². The molecule has 0 bridgehead atoms. The van der Waals surface area contributed by atoms with Gasteiger partial charge in [-0.3, -0.25) is 4.79 Å². The van der Waals surface area contributed by atoms with Crippen LogP contribution >= 0.6 is 11.6 Å². The predicted octanol–water partition coefficient (Wildman–Crippen LogP) is 5.47. The number of carbonyl (C=O) groups is 1. The SMILES string of the molecule is COc1cc([C@@H]2C[C@@H](C(F)(F)F)n3ncc(C(=O)Nc4ccc(Cl)cc4)c3N2)cc(OC)c1OC. The van der Waals surface area contributed by atoms with Gasteiger partial charge in [0.05, 0.1) is 33.6 Å². The number of hydrogen-bond donors (Lipinski definition) is 2. The molecule has 2 atom stereocenters. The smallest absolute Gasteiger partial charge is 0.410 e. The standard InChI is InChI=1S/C23H22ClF3N4O4/c1-33-17-8-12(9-18(34-2)20(17)35-3)16-10-19(23(25,26)27)31-21(30-16)15(11-28-31)22(32)29-14-6-4-13(24)5-7-14/h4-9,11,16,19,30H,10H2,1-3H3,(H,29,32)/t16-,19-/m0/s1. The second-order valence-electron chi connectivity index (χ2n) is 7.76. The second-order valence-corrected chi connectivity index (χ2v) is 8.20. The van der Waals surface area contributed by atoms with Gasteiger partial charge in [-0.1, -0.05) is 11.6 Å². The Bertz CT molecular complexity index is 1210. The van der Waals surface area contributed by atoms with E-state index in [0.717, 1.165) is 10.9 Å². The summed E-state index contributed by atoms with van der Waals surface area (Å²) in [6, 6.07) is 6.70. The van der Waals surface area contributed by atoms with E-state index in [0.29, 0.717) is 33.5 Å². The molecule has 2 N–H and O–H groups in total. The Kier molecular flexibility index (Phi) is 6.70. The fourth-order valence-corrected chi connectivity index (χ4v) is 4.11. The molecule has 35 heavy (non-hydrogen) atoms. The van der Waals surface area contributed by atoms with Crippen molar-refractivity contribution in [1.29, 1.82) is 0 Å². The summed E-state index contributed by atoms with van der Waals surface area (Å²) in [7, 11) is 4.27. The number of ether oxygens (including phenoxy) is 3. The van der Waals surface area contributed by atoms with Crippen molar-refractivity contribution in [1.82, 2.24) is 9.78 Å². The molecule has 2 aromatic carbocycles. The van der Waals surface area contributed by atoms with Crippen molar-refractivity contribution in [3.63, 3.8) is 0 Å². The number of halogens is 4. The van der Waals surface area contributed by atoms with Gasteiger partial charge in [0.15, 0.2) is 17.5 Å². The number of nitrogens with zero attached hydrogens (tertiary/aromatic N) is 2. The van der Waals surface area contributed by atoms with Crippen LogP contribution in [0.15, 0.2) is 42.6 Å². The number of hydrogen-bond acceptors (Lipinski definition) is 6. The Morgan fingerprint density at radius 3 is 2.29 bits per heavy atom. The molecule has 4 rings (SSSR count). The zero-order valence-electron chi connectivity index (χ0n) is 18.9. The van der Waals surface area contributed by atoms with Crippen LogP contribution < -0.4 is 24.8 Å². The monoisotopic (exact) mass is 510 g/mol. The lowest BCUT2D eigenvalue weighted by Gasteiger charge is -2.34. The highest BCUT2D eigenvalue weighted by molar-refractivity contribution is 6.30. The van der Waals surface area contributed by atoms with Crippen molar-refractivity contribution in [3.05, 3.63) is 58.7 Å². The van der Waals surface area contributed by atoms with Crippen molar-refractivity contribution in [2.75, 3.05) is 32.0 Å². The minimum Gasteiger partial charge on any atom is -0.493 e. The molecular weight excluding hydrogens is 489 g/mol. The zero-order valence-corrected chi connectivity index (χ0v) is 19.7. The first-order chi connectivity index (χ1) is 16.7. The maximum Gasteiger partial charge on any atom is 0.410 e. The van der Waals surface area contributed by atoms with Gasteiger partial charge in [-0.25, -0.2) is 4.68 Å². The van der Waals surface area contributed by atoms with Crippen LogP contribution in [0.4, 0.5) is 24.7 Å². The summed E-state index contributed by atoms with van der Waals surface area (Å²) in [4.78, 5) is 12.9. The summed E-state index contributed by atoms with van der Waals surface area (Å²) in [6.07, 6.45) is -3.86. The molecular formula is C23H22ClF3N4O4. The number of amides is 1. The van der Waals surface area contributed by atoms with Crippen molar-refractivity contribution in [2.24, 2.45) is 0 Å². The number of nitrogens with one attached hydrogen (secondary N) is 2. The van der Waals surface area contributed by atoms with E-state index in [9.17, 15) is 18.0 Å². The third kappa shape index (κ3) is 4.81. The molecule has 186 valence electrons. The molecule has 1 amide bonds. The minimum absolute atomic E-state index is 0.0358. The van der Waals surface area contributed by atoms with Crippen LogP contribution in [-0.2, 0) is 0 Å². The highest BCUT2D eigenvalue weighted by Crippen LogP contribution is 2.47. The van der Waals surface area contributed by atoms with Crippen LogP contribution in [0.2, 0.25) is 5.02 Å². The summed E-state index contributed by atoms with van der Waals surface area (Å²) in [6.45, 7) is 0. The van der Waals surface area contributed by atoms with Crippen LogP contribution in [-0.4, -0.2) is 43.2 Å². The van der Waals surface area contributed by atoms with Gasteiger partial charge in [0.2, 0.25) is 5.75 Å². The number of carbonyl (C=O) groups excluding carboxylic acids is 1. The molecule has 12 heteroatoms. The largest absolute Gasteiger partial charge is 0.493 e. The quantitative estimate of drug-likeness (QED) is 0.457. The van der Waals surface area contributed by atoms with Crippen molar-refractivity contribution in [3.8, 4) is 17.2 Å². The van der Waals surface area contributed by atoms with Crippen molar-refractivity contribution >= 4 is 29.0 Å². The minimum atomic E-state index is -4.61. The van der Waals surface area contributed by atoms with Crippen LogP contribution in [0.5, 0.6) is 17.2 Å². The number of fused-ring (bicyclic) bond motifs is 1. The summed E-state index contributed by atoms with van der Waals surface area (Å²) in [5.74, 6) is 0.241. The Balaban J connectivity index is 1.73. The molecule has 0 fully saturated rings. The molecule has 0 radical (unpaired) electrons. The molecule has 8 nitrogen and oxygen atoms in total. The fraction of sp³-hybridized carbons (Fsp3) is 0.304. The Morgan fingerprint density at radius 1 is 1.11 bits per heavy atom. The van der Waals surface area contributed by atoms with E-state index in [4.69, 9.17) is 25.8 Å². The average molecular weight is 511 g/mol. The van der Waals surface area contributed by atoms with Gasteiger partial charge in [-0.2, -0.15) is 18.3 Å². The summed E-state index contributed by atoms with van der Waals surface area (Å²) in [5, 5.41) is 10.1. The van der Waals surface area contributed by atoms with E-state index in [-0.39, 0.29) is 17.8 Å². The lowest BCUT2D eigenvalue weighted by molar-refractivity contribution is -0.173. The van der Waals surface area contributed by atoms with Crippen LogP contribution in [0.3, 0.4) is 0 Å². The molecule has 1 aliphatic heterocycles. The third-order valence-corrected chi connectivity index (χ3v) is 5.93. The molecule has 0 saturated carbocycles. The number of methoxy groups -OCH3 is 3. The van der Waals surface area contributed by atoms with Gasteiger partial charge in [0.1, 0.15) is 11.4 Å². The normalized spacial score (nSPS) is 17.2. The summed E-state index contributed by atoms with van der Waals surface area (Å²) in [5.41, 5.74) is 0.861. The van der Waals surface area contributed by atoms with Crippen molar-refractivity contribution in [2.45, 2.75) is 24.7 Å². The van der Waals surface area contributed by atoms with Gasteiger partial charge in [-0.05, 0) is 42.0 Å². The third-order valence-electron chi connectivity index (χ3n) is 5.67. The summed E-state index contributed by atoms with van der Waals surface area (Å²) >= 11 is 5.87. The lowest BCUT2D eigenvalue weighted by Crippen LogP contribution is -2.36. The second kappa shape index (κ2) is 9.57. The number of anilines is 2. The topological polar surface area (TPSA) is 86.6 Å². The maximum atomic E-state index is 14.0. The van der Waals surface area contributed by atoms with E-state index >= 15 is 0 Å².